The summed E-state index contributed by atoms with van der Waals surface area (Å²) in [7, 11) is 0. The van der Waals surface area contributed by atoms with Crippen LogP contribution in [0.1, 0.15) is 21.6 Å². The van der Waals surface area contributed by atoms with Crippen LogP contribution in [0.15, 0.2) is 48.5 Å². The number of nitrogens with zero attached hydrogens (tertiary/aromatic N) is 1. The third kappa shape index (κ3) is 3.84. The zero-order chi connectivity index (χ0) is 17.1. The fourth-order valence-corrected chi connectivity index (χ4v) is 4.52. The number of hydroxylamine groups is 2. The van der Waals surface area contributed by atoms with Gasteiger partial charge in [-0.3, -0.25) is 5.21 Å². The van der Waals surface area contributed by atoms with E-state index in [9.17, 15) is 10.0 Å². The van der Waals surface area contributed by atoms with Gasteiger partial charge in [0.15, 0.2) is 0 Å². The Bertz CT molecular complexity index is 849. The second kappa shape index (κ2) is 7.17. The summed E-state index contributed by atoms with van der Waals surface area (Å²) in [4.78, 5) is 14.6. The molecule has 2 heterocycles. The Labute approximate surface area is 148 Å². The summed E-state index contributed by atoms with van der Waals surface area (Å²) >= 11 is 3.53. The van der Waals surface area contributed by atoms with Gasteiger partial charge in [-0.25, -0.2) is 4.79 Å². The van der Waals surface area contributed by atoms with Crippen LogP contribution in [-0.2, 0) is 6.42 Å². The van der Waals surface area contributed by atoms with Gasteiger partial charge in [-0.2, -0.15) is 5.06 Å². The van der Waals surface area contributed by atoms with Crippen molar-refractivity contribution in [1.29, 1.82) is 0 Å². The van der Waals surface area contributed by atoms with Gasteiger partial charge >= 0.3 is 6.03 Å². The number of hydrogen-bond donors (Lipinski definition) is 2. The first-order valence-electron chi connectivity index (χ1n) is 7.55. The molecule has 0 saturated carbocycles. The summed E-state index contributed by atoms with van der Waals surface area (Å²) < 4.78 is 1.31. The second-order valence-electron chi connectivity index (χ2n) is 5.51. The third-order valence-corrected chi connectivity index (χ3v) is 5.82. The van der Waals surface area contributed by atoms with E-state index in [4.69, 9.17) is 5.73 Å². The first kappa shape index (κ1) is 16.7. The monoisotopic (exact) mass is 358 g/mol. The Morgan fingerprint density at radius 3 is 2.79 bits per heavy atom. The minimum absolute atomic E-state index is 0.462. The Morgan fingerprint density at radius 2 is 2.04 bits per heavy atom. The van der Waals surface area contributed by atoms with Crippen molar-refractivity contribution in [1.82, 2.24) is 5.06 Å². The molecule has 0 spiro atoms. The molecule has 0 fully saturated rings. The lowest BCUT2D eigenvalue weighted by Gasteiger charge is -2.16. The molecule has 3 rings (SSSR count). The van der Waals surface area contributed by atoms with E-state index in [2.05, 4.69) is 36.4 Å². The molecule has 6 heteroatoms. The van der Waals surface area contributed by atoms with Crippen molar-refractivity contribution < 1.29 is 10.0 Å². The van der Waals surface area contributed by atoms with Crippen LogP contribution in [0.5, 0.6) is 0 Å². The molecule has 124 valence electrons. The van der Waals surface area contributed by atoms with Crippen LogP contribution < -0.4 is 5.73 Å². The van der Waals surface area contributed by atoms with Gasteiger partial charge in [-0.1, -0.05) is 24.3 Å². The van der Waals surface area contributed by atoms with Crippen molar-refractivity contribution in [3.63, 3.8) is 0 Å². The normalized spacial score (nSPS) is 12.8. The van der Waals surface area contributed by atoms with Crippen molar-refractivity contribution in [2.75, 3.05) is 0 Å². The maximum atomic E-state index is 10.9. The average Bonchev–Trinajstić information content (AvgIpc) is 3.17. The molecule has 0 aliphatic rings. The van der Waals surface area contributed by atoms with E-state index in [-0.39, 0.29) is 0 Å². The van der Waals surface area contributed by atoms with Crippen LogP contribution in [0, 0.1) is 0 Å². The van der Waals surface area contributed by atoms with Gasteiger partial charge in [-0.15, -0.1) is 22.7 Å². The topological polar surface area (TPSA) is 66.6 Å². The molecular weight excluding hydrogens is 340 g/mol. The Hall–Kier alpha value is -2.15. The molecule has 3 N–H and O–H groups in total. The number of rotatable bonds is 5. The van der Waals surface area contributed by atoms with Crippen molar-refractivity contribution in [2.45, 2.75) is 19.4 Å². The average molecular weight is 358 g/mol. The Balaban J connectivity index is 1.68. The standard InChI is InChI=1S/C18H18N2O2S2/c1-12(20(22)18(19)21)6-7-14-8-9-15(23-14)11-16-10-13-4-2-3-5-17(13)24-16/h2-10,12,22H,11H2,1H3,(H2,19,21)/b7-6-. The number of thiophene rings is 2. The second-order valence-corrected chi connectivity index (χ2v) is 7.88. The van der Waals surface area contributed by atoms with Crippen LogP contribution in [0.25, 0.3) is 16.2 Å². The van der Waals surface area contributed by atoms with Crippen LogP contribution >= 0.6 is 22.7 Å². The predicted molar refractivity (Wildman–Crippen MR) is 101 cm³/mol. The molecule has 4 nitrogen and oxygen atoms in total. The third-order valence-electron chi connectivity index (χ3n) is 3.66. The summed E-state index contributed by atoms with van der Waals surface area (Å²) in [5.41, 5.74) is 5.03. The first-order valence-corrected chi connectivity index (χ1v) is 9.18. The molecule has 24 heavy (non-hydrogen) atoms. The van der Waals surface area contributed by atoms with Crippen molar-refractivity contribution in [3.8, 4) is 0 Å². The smallest absolute Gasteiger partial charge is 0.339 e. The largest absolute Gasteiger partial charge is 0.350 e. The lowest BCUT2D eigenvalue weighted by Crippen LogP contribution is -2.38. The number of amides is 2. The molecule has 0 saturated heterocycles. The Kier molecular flexibility index (Phi) is 4.99. The number of benzene rings is 1. The molecule has 0 radical (unpaired) electrons. The van der Waals surface area contributed by atoms with E-state index in [1.165, 1.54) is 19.8 Å². The highest BCUT2D eigenvalue weighted by atomic mass is 32.1. The van der Waals surface area contributed by atoms with Crippen molar-refractivity contribution >= 4 is 44.9 Å². The van der Waals surface area contributed by atoms with Crippen LogP contribution in [0.3, 0.4) is 0 Å². The molecule has 2 aromatic heterocycles. The van der Waals surface area contributed by atoms with Gasteiger partial charge < -0.3 is 5.73 Å². The van der Waals surface area contributed by atoms with E-state index in [1.807, 2.05) is 23.5 Å². The number of carbonyl (C=O) groups is 1. The van der Waals surface area contributed by atoms with Gasteiger partial charge in [0.25, 0.3) is 0 Å². The van der Waals surface area contributed by atoms with Gasteiger partial charge in [0.2, 0.25) is 0 Å². The lowest BCUT2D eigenvalue weighted by atomic mass is 10.2. The number of urea groups is 1. The highest BCUT2D eigenvalue weighted by Gasteiger charge is 2.11. The summed E-state index contributed by atoms with van der Waals surface area (Å²) in [6.07, 6.45) is 4.57. The highest BCUT2D eigenvalue weighted by Crippen LogP contribution is 2.29. The highest BCUT2D eigenvalue weighted by molar-refractivity contribution is 7.19. The number of carbonyl (C=O) groups excluding carboxylic acids is 1. The summed E-state index contributed by atoms with van der Waals surface area (Å²) in [6, 6.07) is 13.5. The van der Waals surface area contributed by atoms with E-state index in [0.29, 0.717) is 5.06 Å². The van der Waals surface area contributed by atoms with Gasteiger partial charge in [0.05, 0.1) is 6.04 Å². The summed E-state index contributed by atoms with van der Waals surface area (Å²) in [5, 5.41) is 11.3. The van der Waals surface area contributed by atoms with E-state index in [1.54, 1.807) is 24.3 Å². The van der Waals surface area contributed by atoms with Crippen molar-refractivity contribution in [2.24, 2.45) is 5.73 Å². The minimum Gasteiger partial charge on any atom is -0.350 e. The number of hydrogen-bond acceptors (Lipinski definition) is 4. The van der Waals surface area contributed by atoms with Crippen LogP contribution in [-0.4, -0.2) is 22.3 Å². The predicted octanol–water partition coefficient (Wildman–Crippen LogP) is 4.73. The maximum Gasteiger partial charge on any atom is 0.339 e. The fourth-order valence-electron chi connectivity index (χ4n) is 2.39. The number of primary amides is 1. The molecule has 1 atom stereocenters. The molecule has 1 unspecified atom stereocenters. The first-order chi connectivity index (χ1) is 11.5. The van der Waals surface area contributed by atoms with Gasteiger partial charge in [0.1, 0.15) is 0 Å². The molecule has 3 aromatic rings. The maximum absolute atomic E-state index is 10.9. The van der Waals surface area contributed by atoms with E-state index < -0.39 is 12.1 Å². The van der Waals surface area contributed by atoms with Gasteiger partial charge in [0, 0.05) is 25.8 Å². The van der Waals surface area contributed by atoms with Crippen LogP contribution in [0.2, 0.25) is 0 Å². The molecule has 0 aliphatic heterocycles. The van der Waals surface area contributed by atoms with E-state index >= 15 is 0 Å². The lowest BCUT2D eigenvalue weighted by molar-refractivity contribution is -0.0560. The zero-order valence-electron chi connectivity index (χ0n) is 13.2. The Morgan fingerprint density at radius 1 is 1.25 bits per heavy atom. The molecular formula is C18H18N2O2S2. The van der Waals surface area contributed by atoms with Crippen molar-refractivity contribution in [3.05, 3.63) is 63.2 Å². The zero-order valence-corrected chi connectivity index (χ0v) is 14.8. The van der Waals surface area contributed by atoms with Gasteiger partial charge in [-0.05, 0) is 42.7 Å². The number of nitrogens with two attached hydrogens (primary N) is 1. The molecule has 0 aliphatic carbocycles. The molecule has 2 amide bonds. The van der Waals surface area contributed by atoms with E-state index in [0.717, 1.165) is 11.3 Å². The SMILES string of the molecule is CC(/C=C\c1ccc(Cc2cc3ccccc3s2)s1)N(O)C(N)=O. The molecule has 1 aromatic carbocycles. The fraction of sp³-hybridized carbons (Fsp3) is 0.167. The van der Waals surface area contributed by atoms with Crippen LogP contribution in [0.4, 0.5) is 4.79 Å². The summed E-state index contributed by atoms with van der Waals surface area (Å²) in [5.74, 6) is 0. The quantitative estimate of drug-likeness (QED) is 0.512. The number of fused-ring (bicyclic) bond motifs is 1. The summed E-state index contributed by atoms with van der Waals surface area (Å²) in [6.45, 7) is 1.70. The molecule has 0 bridgehead atoms. The minimum atomic E-state index is -0.858.